The number of carbonyl (C=O) groups excluding carboxylic acids is 2. The first-order valence-corrected chi connectivity index (χ1v) is 6.08. The number of nitrogens with one attached hydrogen (secondary N) is 1. The minimum Gasteiger partial charge on any atom is -0.352 e. The summed E-state index contributed by atoms with van der Waals surface area (Å²) < 4.78 is 37.4. The third-order valence-electron chi connectivity index (χ3n) is 2.69. The SMILES string of the molecule is CCC(CC)NC(=O)Cn1cc(C(=O)C(F)(F)F)nn1. The third-order valence-corrected chi connectivity index (χ3v) is 2.69. The number of carbonyl (C=O) groups is 2. The number of hydrogen-bond donors (Lipinski definition) is 1. The highest BCUT2D eigenvalue weighted by Gasteiger charge is 2.41. The van der Waals surface area contributed by atoms with E-state index in [1.54, 1.807) is 0 Å². The van der Waals surface area contributed by atoms with Gasteiger partial charge in [-0.25, -0.2) is 4.68 Å². The first kappa shape index (κ1) is 16.1. The van der Waals surface area contributed by atoms with Crippen molar-refractivity contribution in [2.75, 3.05) is 0 Å². The zero-order chi connectivity index (χ0) is 15.3. The summed E-state index contributed by atoms with van der Waals surface area (Å²) in [6.07, 6.45) is -2.70. The van der Waals surface area contributed by atoms with Crippen LogP contribution in [0.5, 0.6) is 0 Å². The molecule has 0 aliphatic carbocycles. The first-order chi connectivity index (χ1) is 9.27. The maximum absolute atomic E-state index is 12.2. The standard InChI is InChI=1S/C11H15F3N4O2/c1-3-7(4-2)15-9(19)6-18-5-8(16-17-18)10(20)11(12,13)14/h5,7H,3-4,6H2,1-2H3,(H,15,19). The molecule has 0 saturated carbocycles. The monoisotopic (exact) mass is 292 g/mol. The summed E-state index contributed by atoms with van der Waals surface area (Å²) in [4.78, 5) is 22.5. The van der Waals surface area contributed by atoms with Gasteiger partial charge in [-0.15, -0.1) is 5.10 Å². The molecular formula is C11H15F3N4O2. The summed E-state index contributed by atoms with van der Waals surface area (Å²) in [5.41, 5.74) is -0.826. The number of ketones is 1. The molecule has 0 saturated heterocycles. The fourth-order valence-corrected chi connectivity index (χ4v) is 1.54. The van der Waals surface area contributed by atoms with Crippen molar-refractivity contribution in [3.8, 4) is 0 Å². The molecule has 1 rings (SSSR count). The van der Waals surface area contributed by atoms with Crippen molar-refractivity contribution in [1.29, 1.82) is 0 Å². The number of Topliss-reactive ketones (excluding diaryl/α,β-unsaturated/α-hetero) is 1. The summed E-state index contributed by atoms with van der Waals surface area (Å²) >= 11 is 0. The van der Waals surface area contributed by atoms with Gasteiger partial charge in [-0.05, 0) is 12.8 Å². The van der Waals surface area contributed by atoms with E-state index < -0.39 is 23.6 Å². The second-order valence-electron chi connectivity index (χ2n) is 4.21. The van der Waals surface area contributed by atoms with E-state index in [0.29, 0.717) is 0 Å². The van der Waals surface area contributed by atoms with Crippen molar-refractivity contribution < 1.29 is 22.8 Å². The van der Waals surface area contributed by atoms with Gasteiger partial charge in [0.2, 0.25) is 5.91 Å². The van der Waals surface area contributed by atoms with Crippen LogP contribution in [-0.4, -0.2) is 38.9 Å². The van der Waals surface area contributed by atoms with Gasteiger partial charge in [0.05, 0.1) is 6.20 Å². The third kappa shape index (κ3) is 4.32. The van der Waals surface area contributed by atoms with E-state index in [-0.39, 0.29) is 12.6 Å². The predicted octanol–water partition coefficient (Wildman–Crippen LogP) is 1.33. The zero-order valence-corrected chi connectivity index (χ0v) is 11.1. The molecule has 0 spiro atoms. The molecule has 112 valence electrons. The molecular weight excluding hydrogens is 277 g/mol. The molecule has 0 aromatic carbocycles. The van der Waals surface area contributed by atoms with E-state index in [1.807, 2.05) is 13.8 Å². The van der Waals surface area contributed by atoms with Gasteiger partial charge in [0, 0.05) is 6.04 Å². The van der Waals surface area contributed by atoms with Gasteiger partial charge in [-0.2, -0.15) is 13.2 Å². The van der Waals surface area contributed by atoms with E-state index in [0.717, 1.165) is 23.7 Å². The van der Waals surface area contributed by atoms with Gasteiger partial charge >= 0.3 is 6.18 Å². The van der Waals surface area contributed by atoms with Gasteiger partial charge in [-0.3, -0.25) is 9.59 Å². The highest BCUT2D eigenvalue weighted by molar-refractivity contribution is 5.98. The number of aromatic nitrogens is 3. The minimum atomic E-state index is -5.00. The summed E-state index contributed by atoms with van der Waals surface area (Å²) in [6.45, 7) is 3.53. The van der Waals surface area contributed by atoms with Crippen LogP contribution in [0.2, 0.25) is 0 Å². The average molecular weight is 292 g/mol. The maximum Gasteiger partial charge on any atom is 0.456 e. The van der Waals surface area contributed by atoms with Crippen LogP contribution in [0, 0.1) is 0 Å². The van der Waals surface area contributed by atoms with E-state index in [4.69, 9.17) is 0 Å². The van der Waals surface area contributed by atoms with Crippen LogP contribution < -0.4 is 5.32 Å². The number of halogens is 3. The largest absolute Gasteiger partial charge is 0.456 e. The van der Waals surface area contributed by atoms with Crippen LogP contribution in [0.15, 0.2) is 6.20 Å². The van der Waals surface area contributed by atoms with Crippen molar-refractivity contribution >= 4 is 11.7 Å². The van der Waals surface area contributed by atoms with Gasteiger partial charge in [0.25, 0.3) is 5.78 Å². The molecule has 9 heteroatoms. The Morgan fingerprint density at radius 3 is 2.45 bits per heavy atom. The molecule has 20 heavy (non-hydrogen) atoms. The Kier molecular flexibility index (Phi) is 5.23. The smallest absolute Gasteiger partial charge is 0.352 e. The number of amides is 1. The number of nitrogens with zero attached hydrogens (tertiary/aromatic N) is 3. The Morgan fingerprint density at radius 1 is 1.35 bits per heavy atom. The molecule has 1 aromatic rings. The molecule has 1 N–H and O–H groups in total. The Hall–Kier alpha value is -1.93. The Morgan fingerprint density at radius 2 is 1.95 bits per heavy atom. The molecule has 1 aromatic heterocycles. The predicted molar refractivity (Wildman–Crippen MR) is 62.9 cm³/mol. The Balaban J connectivity index is 2.65. The van der Waals surface area contributed by atoms with Gasteiger partial charge in [-0.1, -0.05) is 19.1 Å². The maximum atomic E-state index is 12.2. The highest BCUT2D eigenvalue weighted by Crippen LogP contribution is 2.19. The van der Waals surface area contributed by atoms with Crippen molar-refractivity contribution in [2.45, 2.75) is 45.5 Å². The quantitative estimate of drug-likeness (QED) is 0.802. The molecule has 0 bridgehead atoms. The fourth-order valence-electron chi connectivity index (χ4n) is 1.54. The second-order valence-corrected chi connectivity index (χ2v) is 4.21. The lowest BCUT2D eigenvalue weighted by atomic mass is 10.2. The average Bonchev–Trinajstić information content (AvgIpc) is 2.82. The summed E-state index contributed by atoms with van der Waals surface area (Å²) in [5, 5.41) is 9.15. The molecule has 1 heterocycles. The van der Waals surface area contributed by atoms with Crippen LogP contribution in [-0.2, 0) is 11.3 Å². The van der Waals surface area contributed by atoms with Crippen molar-refractivity contribution in [3.05, 3.63) is 11.9 Å². The van der Waals surface area contributed by atoms with Crippen LogP contribution >= 0.6 is 0 Å². The van der Waals surface area contributed by atoms with Crippen LogP contribution in [0.3, 0.4) is 0 Å². The van der Waals surface area contributed by atoms with Crippen molar-refractivity contribution in [2.24, 2.45) is 0 Å². The first-order valence-electron chi connectivity index (χ1n) is 6.08. The second kappa shape index (κ2) is 6.49. The van der Waals surface area contributed by atoms with Crippen LogP contribution in [0.1, 0.15) is 37.2 Å². The molecule has 0 fully saturated rings. The molecule has 0 radical (unpaired) electrons. The highest BCUT2D eigenvalue weighted by atomic mass is 19.4. The number of hydrogen-bond acceptors (Lipinski definition) is 4. The molecule has 0 aliphatic rings. The summed E-state index contributed by atoms with van der Waals surface area (Å²) in [5.74, 6) is -2.47. The molecule has 0 unspecified atom stereocenters. The lowest BCUT2D eigenvalue weighted by Gasteiger charge is -2.14. The van der Waals surface area contributed by atoms with Crippen molar-refractivity contribution in [3.63, 3.8) is 0 Å². The van der Waals surface area contributed by atoms with Gasteiger partial charge in [0.1, 0.15) is 6.54 Å². The number of alkyl halides is 3. The molecule has 1 amide bonds. The Labute approximate surface area is 113 Å². The van der Waals surface area contributed by atoms with Crippen molar-refractivity contribution in [1.82, 2.24) is 20.3 Å². The van der Waals surface area contributed by atoms with E-state index in [9.17, 15) is 22.8 Å². The van der Waals surface area contributed by atoms with Gasteiger partial charge < -0.3 is 5.32 Å². The lowest BCUT2D eigenvalue weighted by molar-refractivity contribution is -0.122. The minimum absolute atomic E-state index is 0.00213. The molecule has 0 atom stereocenters. The normalized spacial score (nSPS) is 11.7. The van der Waals surface area contributed by atoms with Gasteiger partial charge in [0.15, 0.2) is 5.69 Å². The fraction of sp³-hybridized carbons (Fsp3) is 0.636. The van der Waals surface area contributed by atoms with Crippen LogP contribution in [0.4, 0.5) is 13.2 Å². The summed E-state index contributed by atoms with van der Waals surface area (Å²) in [6, 6.07) is 0.00213. The molecule has 0 aliphatic heterocycles. The number of rotatable bonds is 6. The summed E-state index contributed by atoms with van der Waals surface area (Å²) in [7, 11) is 0. The topological polar surface area (TPSA) is 76.9 Å². The zero-order valence-electron chi connectivity index (χ0n) is 11.1. The lowest BCUT2D eigenvalue weighted by Crippen LogP contribution is -2.36. The van der Waals surface area contributed by atoms with E-state index >= 15 is 0 Å². The van der Waals surface area contributed by atoms with Crippen LogP contribution in [0.25, 0.3) is 0 Å². The Bertz CT molecular complexity index is 480. The van der Waals surface area contributed by atoms with E-state index in [1.165, 1.54) is 0 Å². The van der Waals surface area contributed by atoms with E-state index in [2.05, 4.69) is 15.6 Å². The molecule has 6 nitrogen and oxygen atoms in total.